The summed E-state index contributed by atoms with van der Waals surface area (Å²) in [4.78, 5) is 12.2. The molecule has 3 rings (SSSR count). The van der Waals surface area contributed by atoms with Gasteiger partial charge in [0.05, 0.1) is 12.2 Å². The van der Waals surface area contributed by atoms with Crippen molar-refractivity contribution in [3.63, 3.8) is 0 Å². The molecule has 0 unspecified atom stereocenters. The minimum absolute atomic E-state index is 0.170. The Morgan fingerprint density at radius 3 is 2.78 bits per heavy atom. The molecule has 0 bridgehead atoms. The summed E-state index contributed by atoms with van der Waals surface area (Å²) >= 11 is 0. The molecule has 0 radical (unpaired) electrons. The molecule has 0 aliphatic carbocycles. The number of tetrazole rings is 1. The predicted octanol–water partition coefficient (Wildman–Crippen LogP) is 1.47. The van der Waals surface area contributed by atoms with Crippen LogP contribution in [0.5, 0.6) is 5.75 Å². The van der Waals surface area contributed by atoms with Gasteiger partial charge >= 0.3 is 0 Å². The van der Waals surface area contributed by atoms with Crippen LogP contribution in [0, 0.1) is 0 Å². The number of para-hydroxylation sites is 1. The lowest BCUT2D eigenvalue weighted by atomic mass is 10.2. The molecule has 1 heterocycles. The Balaban J connectivity index is 1.53. The van der Waals surface area contributed by atoms with Crippen LogP contribution >= 0.6 is 0 Å². The van der Waals surface area contributed by atoms with Gasteiger partial charge in [-0.25, -0.2) is 4.68 Å². The van der Waals surface area contributed by atoms with Gasteiger partial charge in [-0.05, 0) is 40.8 Å². The van der Waals surface area contributed by atoms with Crippen molar-refractivity contribution in [2.45, 2.75) is 0 Å². The molecule has 0 saturated heterocycles. The number of carbonyl (C=O) groups is 1. The summed E-state index contributed by atoms with van der Waals surface area (Å²) in [5, 5.41) is 13.8. The Bertz CT molecular complexity index is 759. The van der Waals surface area contributed by atoms with E-state index in [0.717, 1.165) is 11.4 Å². The van der Waals surface area contributed by atoms with E-state index in [4.69, 9.17) is 4.74 Å². The van der Waals surface area contributed by atoms with Gasteiger partial charge in [-0.3, -0.25) is 4.79 Å². The monoisotopic (exact) mass is 309 g/mol. The quantitative estimate of drug-likeness (QED) is 0.697. The summed E-state index contributed by atoms with van der Waals surface area (Å²) in [5.41, 5.74) is 1.26. The highest BCUT2D eigenvalue weighted by molar-refractivity contribution is 5.94. The molecule has 0 aliphatic rings. The van der Waals surface area contributed by atoms with Crippen LogP contribution in [0.4, 0.5) is 0 Å². The van der Waals surface area contributed by atoms with Crippen LogP contribution in [-0.2, 0) is 0 Å². The van der Waals surface area contributed by atoms with Crippen molar-refractivity contribution >= 4 is 5.91 Å². The number of nitrogens with zero attached hydrogens (tertiary/aromatic N) is 4. The number of nitrogens with one attached hydrogen (secondary N) is 1. The van der Waals surface area contributed by atoms with Crippen molar-refractivity contribution in [2.24, 2.45) is 0 Å². The number of hydrogen-bond donors (Lipinski definition) is 1. The standard InChI is InChI=1S/C16H15N5O2/c22-16(17-9-10-23-15-7-2-1-3-8-15)13-5-4-6-14(11-13)21-12-18-19-20-21/h1-8,11-12H,9-10H2,(H,17,22). The predicted molar refractivity (Wildman–Crippen MR) is 83.4 cm³/mol. The Morgan fingerprint density at radius 2 is 2.00 bits per heavy atom. The Labute approximate surface area is 132 Å². The van der Waals surface area contributed by atoms with Crippen molar-refractivity contribution in [2.75, 3.05) is 13.2 Å². The number of aromatic nitrogens is 4. The molecule has 0 spiro atoms. The third-order valence-corrected chi connectivity index (χ3v) is 3.12. The zero-order valence-electron chi connectivity index (χ0n) is 12.3. The SMILES string of the molecule is O=C(NCCOc1ccccc1)c1cccc(-n2cnnn2)c1. The van der Waals surface area contributed by atoms with E-state index in [2.05, 4.69) is 20.8 Å². The molecule has 3 aromatic rings. The van der Waals surface area contributed by atoms with Crippen LogP contribution in [0.15, 0.2) is 60.9 Å². The minimum atomic E-state index is -0.170. The van der Waals surface area contributed by atoms with E-state index in [1.807, 2.05) is 36.4 Å². The van der Waals surface area contributed by atoms with Crippen LogP contribution in [0.3, 0.4) is 0 Å². The molecule has 7 heteroatoms. The normalized spacial score (nSPS) is 10.3. The molecule has 0 atom stereocenters. The van der Waals surface area contributed by atoms with Gasteiger partial charge in [0.15, 0.2) is 0 Å². The largest absolute Gasteiger partial charge is 0.492 e. The lowest BCUT2D eigenvalue weighted by Crippen LogP contribution is -2.28. The molecule has 0 fully saturated rings. The molecule has 1 N–H and O–H groups in total. The maximum absolute atomic E-state index is 12.2. The summed E-state index contributed by atoms with van der Waals surface area (Å²) in [7, 11) is 0. The highest BCUT2D eigenvalue weighted by Crippen LogP contribution is 2.09. The average molecular weight is 309 g/mol. The fraction of sp³-hybridized carbons (Fsp3) is 0.125. The zero-order chi connectivity index (χ0) is 15.9. The third kappa shape index (κ3) is 3.91. The van der Waals surface area contributed by atoms with Gasteiger partial charge in [0.25, 0.3) is 5.91 Å². The van der Waals surface area contributed by atoms with Crippen molar-refractivity contribution < 1.29 is 9.53 Å². The molecule has 1 amide bonds. The van der Waals surface area contributed by atoms with E-state index >= 15 is 0 Å². The number of carbonyl (C=O) groups excluding carboxylic acids is 1. The van der Waals surface area contributed by atoms with Crippen LogP contribution < -0.4 is 10.1 Å². The lowest BCUT2D eigenvalue weighted by Gasteiger charge is -2.08. The van der Waals surface area contributed by atoms with Crippen molar-refractivity contribution in [3.05, 3.63) is 66.5 Å². The Kier molecular flexibility index (Phi) is 4.58. The number of ether oxygens (including phenoxy) is 1. The second-order valence-corrected chi connectivity index (χ2v) is 4.72. The third-order valence-electron chi connectivity index (χ3n) is 3.12. The van der Waals surface area contributed by atoms with E-state index < -0.39 is 0 Å². The molecule has 7 nitrogen and oxygen atoms in total. The summed E-state index contributed by atoms with van der Waals surface area (Å²) in [6.45, 7) is 0.825. The van der Waals surface area contributed by atoms with E-state index in [1.165, 1.54) is 11.0 Å². The smallest absolute Gasteiger partial charge is 0.251 e. The molecule has 0 saturated carbocycles. The molecule has 116 valence electrons. The second kappa shape index (κ2) is 7.17. The van der Waals surface area contributed by atoms with Crippen molar-refractivity contribution in [1.29, 1.82) is 0 Å². The summed E-state index contributed by atoms with van der Waals surface area (Å²) in [5.74, 6) is 0.610. The van der Waals surface area contributed by atoms with Gasteiger partial charge < -0.3 is 10.1 Å². The average Bonchev–Trinajstić information content (AvgIpc) is 3.14. The maximum Gasteiger partial charge on any atom is 0.251 e. The zero-order valence-corrected chi connectivity index (χ0v) is 12.3. The molecule has 0 aliphatic heterocycles. The van der Waals surface area contributed by atoms with Crippen LogP contribution in [-0.4, -0.2) is 39.3 Å². The first-order valence-corrected chi connectivity index (χ1v) is 7.12. The van der Waals surface area contributed by atoms with E-state index in [9.17, 15) is 4.79 Å². The van der Waals surface area contributed by atoms with Gasteiger partial charge in [0, 0.05) is 5.56 Å². The molecule has 2 aromatic carbocycles. The fourth-order valence-electron chi connectivity index (χ4n) is 2.02. The molecule has 23 heavy (non-hydrogen) atoms. The second-order valence-electron chi connectivity index (χ2n) is 4.72. The van der Waals surface area contributed by atoms with Gasteiger partial charge in [-0.1, -0.05) is 24.3 Å². The van der Waals surface area contributed by atoms with Crippen molar-refractivity contribution in [1.82, 2.24) is 25.5 Å². The summed E-state index contributed by atoms with van der Waals surface area (Å²) in [6, 6.07) is 16.5. The van der Waals surface area contributed by atoms with E-state index in [-0.39, 0.29) is 5.91 Å². The molecule has 1 aromatic heterocycles. The first-order chi connectivity index (χ1) is 11.3. The highest BCUT2D eigenvalue weighted by atomic mass is 16.5. The molecular weight excluding hydrogens is 294 g/mol. The van der Waals surface area contributed by atoms with Crippen LogP contribution in [0.2, 0.25) is 0 Å². The first kappa shape index (κ1) is 14.7. The van der Waals surface area contributed by atoms with Crippen LogP contribution in [0.1, 0.15) is 10.4 Å². The first-order valence-electron chi connectivity index (χ1n) is 7.12. The van der Waals surface area contributed by atoms with Crippen molar-refractivity contribution in [3.8, 4) is 11.4 Å². The highest BCUT2D eigenvalue weighted by Gasteiger charge is 2.07. The van der Waals surface area contributed by atoms with Gasteiger partial charge in [-0.2, -0.15) is 0 Å². The van der Waals surface area contributed by atoms with Crippen LogP contribution in [0.25, 0.3) is 5.69 Å². The molecular formula is C16H15N5O2. The number of amides is 1. The van der Waals surface area contributed by atoms with E-state index in [0.29, 0.717) is 18.7 Å². The number of benzene rings is 2. The Morgan fingerprint density at radius 1 is 1.13 bits per heavy atom. The Hall–Kier alpha value is -3.22. The maximum atomic E-state index is 12.2. The summed E-state index contributed by atoms with van der Waals surface area (Å²) in [6.07, 6.45) is 1.48. The van der Waals surface area contributed by atoms with E-state index in [1.54, 1.807) is 18.2 Å². The fourth-order valence-corrected chi connectivity index (χ4v) is 2.02. The van der Waals surface area contributed by atoms with Gasteiger partial charge in [0.1, 0.15) is 18.7 Å². The lowest BCUT2D eigenvalue weighted by molar-refractivity contribution is 0.0947. The number of hydrogen-bond acceptors (Lipinski definition) is 5. The number of rotatable bonds is 6. The van der Waals surface area contributed by atoms with Gasteiger partial charge in [0.2, 0.25) is 0 Å². The minimum Gasteiger partial charge on any atom is -0.492 e. The van der Waals surface area contributed by atoms with Gasteiger partial charge in [-0.15, -0.1) is 5.10 Å². The summed E-state index contributed by atoms with van der Waals surface area (Å²) < 4.78 is 7.02. The topological polar surface area (TPSA) is 81.9 Å².